The van der Waals surface area contributed by atoms with Gasteiger partial charge in [0, 0.05) is 6.54 Å². The van der Waals surface area contributed by atoms with Crippen molar-refractivity contribution < 1.29 is 0 Å². The van der Waals surface area contributed by atoms with Crippen molar-refractivity contribution in [2.45, 2.75) is 33.6 Å². The van der Waals surface area contributed by atoms with Crippen LogP contribution in [0.4, 0.5) is 0 Å². The SMILES string of the molecule is Cc1cc(C)c(C)c(C(C#N)CN(C)C)c1C. The van der Waals surface area contributed by atoms with Crippen molar-refractivity contribution >= 4 is 0 Å². The molecule has 0 saturated heterocycles. The van der Waals surface area contributed by atoms with Crippen LogP contribution in [0.25, 0.3) is 0 Å². The summed E-state index contributed by atoms with van der Waals surface area (Å²) in [7, 11) is 4.02. The van der Waals surface area contributed by atoms with Crippen LogP contribution in [0.3, 0.4) is 0 Å². The van der Waals surface area contributed by atoms with Gasteiger partial charge in [0.15, 0.2) is 0 Å². The highest BCUT2D eigenvalue weighted by atomic mass is 15.1. The molecule has 92 valence electrons. The number of hydrogen-bond acceptors (Lipinski definition) is 2. The molecule has 0 aliphatic carbocycles. The molecule has 2 nitrogen and oxygen atoms in total. The molecule has 0 amide bonds. The first-order chi connectivity index (χ1) is 7.88. The van der Waals surface area contributed by atoms with E-state index in [0.717, 1.165) is 6.54 Å². The molecular weight excluding hydrogens is 208 g/mol. The van der Waals surface area contributed by atoms with Gasteiger partial charge in [0.25, 0.3) is 0 Å². The maximum atomic E-state index is 9.38. The second-order valence-corrected chi connectivity index (χ2v) is 5.12. The summed E-state index contributed by atoms with van der Waals surface area (Å²) in [5.41, 5.74) is 6.31. The number of nitriles is 1. The molecule has 0 radical (unpaired) electrons. The Bertz CT molecular complexity index is 427. The van der Waals surface area contributed by atoms with Gasteiger partial charge in [-0.25, -0.2) is 0 Å². The van der Waals surface area contributed by atoms with E-state index < -0.39 is 0 Å². The third-order valence-corrected chi connectivity index (χ3v) is 3.48. The zero-order chi connectivity index (χ0) is 13.2. The topological polar surface area (TPSA) is 27.0 Å². The van der Waals surface area contributed by atoms with Gasteiger partial charge < -0.3 is 4.90 Å². The summed E-state index contributed by atoms with van der Waals surface area (Å²) in [5.74, 6) is -0.0383. The number of nitrogens with zero attached hydrogens (tertiary/aromatic N) is 2. The van der Waals surface area contributed by atoms with Crippen molar-refractivity contribution in [1.29, 1.82) is 5.26 Å². The lowest BCUT2D eigenvalue weighted by atomic mass is 9.86. The Morgan fingerprint density at radius 1 is 1.12 bits per heavy atom. The van der Waals surface area contributed by atoms with Crippen molar-refractivity contribution in [2.75, 3.05) is 20.6 Å². The standard InChI is InChI=1S/C15H22N2/c1-10-7-11(2)13(4)15(12(10)3)14(8-16)9-17(5)6/h7,14H,9H2,1-6H3. The Morgan fingerprint density at radius 3 is 1.94 bits per heavy atom. The molecule has 1 atom stereocenters. The molecule has 0 aromatic heterocycles. The van der Waals surface area contributed by atoms with Crippen LogP contribution in [0.15, 0.2) is 6.07 Å². The van der Waals surface area contributed by atoms with E-state index in [-0.39, 0.29) is 5.92 Å². The van der Waals surface area contributed by atoms with Crippen molar-refractivity contribution in [3.05, 3.63) is 33.9 Å². The van der Waals surface area contributed by atoms with E-state index in [0.29, 0.717) is 0 Å². The minimum atomic E-state index is -0.0383. The lowest BCUT2D eigenvalue weighted by molar-refractivity contribution is 0.397. The average Bonchev–Trinajstić information content (AvgIpc) is 2.24. The fourth-order valence-electron chi connectivity index (χ4n) is 2.33. The van der Waals surface area contributed by atoms with Crippen LogP contribution < -0.4 is 0 Å². The largest absolute Gasteiger partial charge is 0.308 e. The minimum absolute atomic E-state index is 0.0383. The van der Waals surface area contributed by atoms with Crippen molar-refractivity contribution in [2.24, 2.45) is 0 Å². The van der Waals surface area contributed by atoms with Gasteiger partial charge in [-0.15, -0.1) is 0 Å². The summed E-state index contributed by atoms with van der Waals surface area (Å²) < 4.78 is 0. The number of aryl methyl sites for hydroxylation is 2. The first kappa shape index (κ1) is 13.7. The Balaban J connectivity index is 3.33. The van der Waals surface area contributed by atoms with E-state index >= 15 is 0 Å². The second-order valence-electron chi connectivity index (χ2n) is 5.12. The lowest BCUT2D eigenvalue weighted by Crippen LogP contribution is -2.21. The highest BCUT2D eigenvalue weighted by molar-refractivity contribution is 5.47. The summed E-state index contributed by atoms with van der Waals surface area (Å²) in [4.78, 5) is 2.07. The summed E-state index contributed by atoms with van der Waals surface area (Å²) in [5, 5.41) is 9.38. The molecule has 0 saturated carbocycles. The van der Waals surface area contributed by atoms with E-state index in [1.54, 1.807) is 0 Å². The normalized spacial score (nSPS) is 12.6. The number of rotatable bonds is 3. The van der Waals surface area contributed by atoms with Gasteiger partial charge in [0.1, 0.15) is 0 Å². The van der Waals surface area contributed by atoms with E-state index in [4.69, 9.17) is 0 Å². The molecule has 17 heavy (non-hydrogen) atoms. The summed E-state index contributed by atoms with van der Waals surface area (Å²) >= 11 is 0. The monoisotopic (exact) mass is 230 g/mol. The predicted molar refractivity (Wildman–Crippen MR) is 72.3 cm³/mol. The summed E-state index contributed by atoms with van der Waals surface area (Å²) in [6, 6.07) is 4.65. The molecule has 0 N–H and O–H groups in total. The van der Waals surface area contributed by atoms with Gasteiger partial charge >= 0.3 is 0 Å². The molecular formula is C15H22N2. The van der Waals surface area contributed by atoms with E-state index in [1.807, 2.05) is 14.1 Å². The van der Waals surface area contributed by atoms with Crippen molar-refractivity contribution in [3.63, 3.8) is 0 Å². The third-order valence-electron chi connectivity index (χ3n) is 3.48. The maximum absolute atomic E-state index is 9.38. The molecule has 0 bridgehead atoms. The fourth-order valence-corrected chi connectivity index (χ4v) is 2.33. The summed E-state index contributed by atoms with van der Waals surface area (Å²) in [6.07, 6.45) is 0. The lowest BCUT2D eigenvalue weighted by Gasteiger charge is -2.21. The van der Waals surface area contributed by atoms with Crippen LogP contribution in [0.2, 0.25) is 0 Å². The number of likely N-dealkylation sites (N-methyl/N-ethyl adjacent to an activating group) is 1. The first-order valence-corrected chi connectivity index (χ1v) is 6.00. The third kappa shape index (κ3) is 2.87. The highest BCUT2D eigenvalue weighted by Gasteiger charge is 2.18. The molecule has 1 unspecified atom stereocenters. The molecule has 0 fully saturated rings. The minimum Gasteiger partial charge on any atom is -0.308 e. The molecule has 1 aromatic carbocycles. The smallest absolute Gasteiger partial charge is 0.0844 e. The van der Waals surface area contributed by atoms with Crippen LogP contribution >= 0.6 is 0 Å². The van der Waals surface area contributed by atoms with Crippen LogP contribution in [-0.2, 0) is 0 Å². The van der Waals surface area contributed by atoms with Gasteiger partial charge in [-0.1, -0.05) is 6.07 Å². The molecule has 0 aliphatic heterocycles. The molecule has 1 aromatic rings. The molecule has 1 rings (SSSR count). The number of benzene rings is 1. The van der Waals surface area contributed by atoms with Crippen LogP contribution in [0.1, 0.15) is 33.7 Å². The van der Waals surface area contributed by atoms with Crippen LogP contribution in [-0.4, -0.2) is 25.5 Å². The molecule has 2 heteroatoms. The number of hydrogen-bond donors (Lipinski definition) is 0. The van der Waals surface area contributed by atoms with Crippen LogP contribution in [0.5, 0.6) is 0 Å². The Hall–Kier alpha value is -1.33. The van der Waals surface area contributed by atoms with E-state index in [9.17, 15) is 5.26 Å². The summed E-state index contributed by atoms with van der Waals surface area (Å²) in [6.45, 7) is 9.26. The molecule has 0 heterocycles. The van der Waals surface area contributed by atoms with E-state index in [1.165, 1.54) is 27.8 Å². The van der Waals surface area contributed by atoms with Crippen molar-refractivity contribution in [3.8, 4) is 6.07 Å². The zero-order valence-electron chi connectivity index (χ0n) is 11.8. The van der Waals surface area contributed by atoms with Gasteiger partial charge in [-0.3, -0.25) is 0 Å². The average molecular weight is 230 g/mol. The second kappa shape index (κ2) is 5.33. The Kier molecular flexibility index (Phi) is 4.31. The quantitative estimate of drug-likeness (QED) is 0.798. The van der Waals surface area contributed by atoms with Gasteiger partial charge in [0.2, 0.25) is 0 Å². The maximum Gasteiger partial charge on any atom is 0.0844 e. The molecule has 0 aliphatic rings. The fraction of sp³-hybridized carbons (Fsp3) is 0.533. The Labute approximate surface area is 105 Å². The predicted octanol–water partition coefficient (Wildman–Crippen LogP) is 3.09. The van der Waals surface area contributed by atoms with Gasteiger partial charge in [-0.05, 0) is 69.6 Å². The highest BCUT2D eigenvalue weighted by Crippen LogP contribution is 2.28. The van der Waals surface area contributed by atoms with Gasteiger partial charge in [-0.2, -0.15) is 5.26 Å². The van der Waals surface area contributed by atoms with Crippen molar-refractivity contribution in [1.82, 2.24) is 4.90 Å². The van der Waals surface area contributed by atoms with E-state index in [2.05, 4.69) is 44.7 Å². The van der Waals surface area contributed by atoms with Gasteiger partial charge in [0.05, 0.1) is 12.0 Å². The first-order valence-electron chi connectivity index (χ1n) is 6.00. The Morgan fingerprint density at radius 2 is 1.59 bits per heavy atom. The molecule has 0 spiro atoms. The van der Waals surface area contributed by atoms with Crippen LogP contribution in [0, 0.1) is 39.0 Å². The zero-order valence-corrected chi connectivity index (χ0v) is 11.8.